The first kappa shape index (κ1) is 324. The van der Waals surface area contributed by atoms with Crippen molar-refractivity contribution < 1.29 is 95.2 Å². The molecular weight excluding hydrogens is 292 g/mol. The first-order valence-electron chi connectivity index (χ1n) is 0. The summed E-state index contributed by atoms with van der Waals surface area (Å²) in [6, 6.07) is 0. The summed E-state index contributed by atoms with van der Waals surface area (Å²) in [5, 5.41) is 0. The van der Waals surface area contributed by atoms with Crippen LogP contribution in [0.25, 0.3) is 0 Å². The molecule has 0 atom stereocenters. The van der Waals surface area contributed by atoms with Gasteiger partial charge < -0.3 is 32.9 Å². The SMILES string of the molecule is [Li+].[Mo].[Nb+5].[O-2].[O-2].[O-2].[O-2].[O-2].[O-2]. The van der Waals surface area contributed by atoms with Gasteiger partial charge in [-0.15, -0.1) is 0 Å². The Hall–Kier alpha value is 1.79. The molecule has 9 heteroatoms. The normalized spacial score (nSPS) is 0. The summed E-state index contributed by atoms with van der Waals surface area (Å²) in [4.78, 5) is 0. The molecule has 0 aliphatic heterocycles. The molecule has 0 N–H and O–H groups in total. The van der Waals surface area contributed by atoms with E-state index in [0.717, 1.165) is 0 Å². The molecular formula is LiMoNbO6-6. The summed E-state index contributed by atoms with van der Waals surface area (Å²) in [5.74, 6) is 0. The zero-order valence-electron chi connectivity index (χ0n) is 4.30. The molecule has 54 valence electrons. The maximum Gasteiger partial charge on any atom is 5.00 e. The van der Waals surface area contributed by atoms with Gasteiger partial charge in [-0.05, 0) is 0 Å². The average molecular weight is 292 g/mol. The largest absolute Gasteiger partial charge is 5.00 e. The molecule has 0 aromatic heterocycles. The minimum Gasteiger partial charge on any atom is -2.00 e. The van der Waals surface area contributed by atoms with E-state index in [9.17, 15) is 0 Å². The molecule has 0 saturated heterocycles. The molecule has 0 aliphatic rings. The van der Waals surface area contributed by atoms with E-state index in [1.54, 1.807) is 0 Å². The van der Waals surface area contributed by atoms with Gasteiger partial charge in [-0.1, -0.05) is 0 Å². The molecule has 0 saturated carbocycles. The van der Waals surface area contributed by atoms with Crippen molar-refractivity contribution in [3.8, 4) is 0 Å². The maximum absolute atomic E-state index is 0. The third-order valence-electron chi connectivity index (χ3n) is 0. The van der Waals surface area contributed by atoms with Crippen molar-refractivity contribution in [3.63, 3.8) is 0 Å². The quantitative estimate of drug-likeness (QED) is 0.400. The molecule has 0 aromatic carbocycles. The van der Waals surface area contributed by atoms with Gasteiger partial charge in [0.1, 0.15) is 0 Å². The molecule has 0 aromatic rings. The number of hydrogen-bond donors (Lipinski definition) is 0. The summed E-state index contributed by atoms with van der Waals surface area (Å²) in [6.07, 6.45) is 0. The van der Waals surface area contributed by atoms with Gasteiger partial charge in [0.15, 0.2) is 0 Å². The third kappa shape index (κ3) is 186. The van der Waals surface area contributed by atoms with E-state index in [2.05, 4.69) is 0 Å². The average Bonchev–Trinajstić information content (AvgIpc) is 0. The van der Waals surface area contributed by atoms with Crippen molar-refractivity contribution >= 4 is 0 Å². The topological polar surface area (TPSA) is 171 Å². The second-order valence-electron chi connectivity index (χ2n) is 0. The van der Waals surface area contributed by atoms with Gasteiger partial charge in [0.2, 0.25) is 0 Å². The molecule has 0 fully saturated rings. The van der Waals surface area contributed by atoms with Crippen molar-refractivity contribution in [1.82, 2.24) is 0 Å². The van der Waals surface area contributed by atoms with Crippen molar-refractivity contribution in [3.05, 3.63) is 0 Å². The van der Waals surface area contributed by atoms with Crippen LogP contribution >= 0.6 is 0 Å². The first-order chi connectivity index (χ1) is 0. The summed E-state index contributed by atoms with van der Waals surface area (Å²) in [5.41, 5.74) is 0. The monoisotopic (exact) mass is 294 g/mol. The number of hydrogen-bond acceptors (Lipinski definition) is 0. The fourth-order valence-electron chi connectivity index (χ4n) is 0. The van der Waals surface area contributed by atoms with Crippen LogP contribution in [0.5, 0.6) is 0 Å². The Labute approximate surface area is 94.6 Å². The molecule has 0 unspecified atom stereocenters. The van der Waals surface area contributed by atoms with Gasteiger partial charge in [-0.25, -0.2) is 0 Å². The molecule has 0 aliphatic carbocycles. The Morgan fingerprint density at radius 3 is 0.444 bits per heavy atom. The molecule has 9 heavy (non-hydrogen) atoms. The van der Waals surface area contributed by atoms with Crippen molar-refractivity contribution in [2.24, 2.45) is 0 Å². The van der Waals surface area contributed by atoms with Crippen LogP contribution in [0, 0.1) is 0 Å². The van der Waals surface area contributed by atoms with E-state index in [0.29, 0.717) is 0 Å². The van der Waals surface area contributed by atoms with Gasteiger partial charge >= 0.3 is 41.2 Å². The minimum absolute atomic E-state index is 0. The van der Waals surface area contributed by atoms with Gasteiger partial charge in [0, 0.05) is 21.1 Å². The van der Waals surface area contributed by atoms with Gasteiger partial charge in [-0.3, -0.25) is 0 Å². The van der Waals surface area contributed by atoms with E-state index in [4.69, 9.17) is 0 Å². The predicted molar refractivity (Wildman–Crippen MR) is 4.12 cm³/mol. The zero-order chi connectivity index (χ0) is 0. The Kier molecular flexibility index (Phi) is 8520. The van der Waals surface area contributed by atoms with E-state index >= 15 is 0 Å². The molecule has 0 bridgehead atoms. The first-order valence-corrected chi connectivity index (χ1v) is 0. The van der Waals surface area contributed by atoms with Crippen LogP contribution in [-0.4, -0.2) is 0 Å². The second kappa shape index (κ2) is 237. The fraction of sp³-hybridized carbons (Fsp3) is 0. The molecule has 0 radical (unpaired) electrons. The van der Waals surface area contributed by atoms with E-state index in [1.807, 2.05) is 0 Å². The van der Waals surface area contributed by atoms with Crippen LogP contribution in [0.1, 0.15) is 0 Å². The minimum atomic E-state index is 0. The van der Waals surface area contributed by atoms with Crippen LogP contribution in [0.2, 0.25) is 0 Å². The molecule has 0 heterocycles. The Bertz CT molecular complexity index is 13.0. The smallest absolute Gasteiger partial charge is 2.00 e. The summed E-state index contributed by atoms with van der Waals surface area (Å²) >= 11 is 0. The van der Waals surface area contributed by atoms with Crippen LogP contribution < -0.4 is 18.9 Å². The van der Waals surface area contributed by atoms with E-state index in [1.165, 1.54) is 0 Å². The standard InChI is InChI=1S/Li.Mo.Nb.6O/q+1;;+5;6*-2. The van der Waals surface area contributed by atoms with Crippen LogP contribution in [0.15, 0.2) is 0 Å². The van der Waals surface area contributed by atoms with Crippen molar-refractivity contribution in [2.45, 2.75) is 0 Å². The summed E-state index contributed by atoms with van der Waals surface area (Å²) in [6.45, 7) is 0. The Balaban J connectivity index is 0. The van der Waals surface area contributed by atoms with Gasteiger partial charge in [-0.2, -0.15) is 0 Å². The van der Waals surface area contributed by atoms with Crippen LogP contribution in [0.4, 0.5) is 0 Å². The second-order valence-corrected chi connectivity index (χ2v) is 0. The molecule has 6 nitrogen and oxygen atoms in total. The third-order valence-corrected chi connectivity index (χ3v) is 0. The summed E-state index contributed by atoms with van der Waals surface area (Å²) < 4.78 is 0. The Morgan fingerprint density at radius 2 is 0.444 bits per heavy atom. The van der Waals surface area contributed by atoms with Crippen molar-refractivity contribution in [2.75, 3.05) is 0 Å². The Morgan fingerprint density at radius 1 is 0.444 bits per heavy atom. The maximum atomic E-state index is 0. The van der Waals surface area contributed by atoms with E-state index < -0.39 is 0 Å². The van der Waals surface area contributed by atoms with Gasteiger partial charge in [0.05, 0.1) is 0 Å². The zero-order valence-corrected chi connectivity index (χ0v) is 8.51. The molecule has 0 amide bonds. The van der Waals surface area contributed by atoms with Crippen molar-refractivity contribution in [1.29, 1.82) is 0 Å². The van der Waals surface area contributed by atoms with Crippen LogP contribution in [-0.2, 0) is 76.3 Å². The molecule has 0 rings (SSSR count). The molecule has 0 spiro atoms. The van der Waals surface area contributed by atoms with Gasteiger partial charge in [0.25, 0.3) is 0 Å². The number of rotatable bonds is 0. The van der Waals surface area contributed by atoms with E-state index in [-0.39, 0.29) is 95.2 Å². The summed E-state index contributed by atoms with van der Waals surface area (Å²) in [7, 11) is 0. The van der Waals surface area contributed by atoms with Crippen LogP contribution in [0.3, 0.4) is 0 Å². The predicted octanol–water partition coefficient (Wildman–Crippen LogP) is -3.71. The fourth-order valence-corrected chi connectivity index (χ4v) is 0.